The molecule has 0 saturated heterocycles. The number of carbonyl (C=O) groups is 1. The first-order chi connectivity index (χ1) is 8.67. The van der Waals surface area contributed by atoms with Crippen LogP contribution < -0.4 is 0 Å². The number of esters is 1. The topological polar surface area (TPSA) is 46.5 Å². The summed E-state index contributed by atoms with van der Waals surface area (Å²) in [5.41, 5.74) is 0.956. The zero-order valence-corrected chi connectivity index (χ0v) is 10.9. The molecule has 3 heteroatoms. The minimum absolute atomic E-state index is 0.0220. The molecule has 18 heavy (non-hydrogen) atoms. The monoisotopic (exact) mass is 248 g/mol. The summed E-state index contributed by atoms with van der Waals surface area (Å²) >= 11 is 0. The molecular weight excluding hydrogens is 228 g/mol. The molecule has 0 aromatic heterocycles. The van der Waals surface area contributed by atoms with Crippen LogP contribution in [0.1, 0.15) is 25.8 Å². The Labute approximate surface area is 108 Å². The summed E-state index contributed by atoms with van der Waals surface area (Å²) in [4.78, 5) is 11.6. The van der Waals surface area contributed by atoms with Gasteiger partial charge in [-0.15, -0.1) is 0 Å². The number of benzene rings is 1. The lowest BCUT2D eigenvalue weighted by atomic mass is 10.0. The fourth-order valence-electron chi connectivity index (χ4n) is 1.64. The molecule has 0 fully saturated rings. The van der Waals surface area contributed by atoms with Gasteiger partial charge in [-0.2, -0.15) is 0 Å². The molecule has 1 aromatic rings. The lowest BCUT2D eigenvalue weighted by molar-refractivity contribution is -0.146. The lowest BCUT2D eigenvalue weighted by Gasteiger charge is -2.20. The third kappa shape index (κ3) is 4.72. The number of hydrogen-bond donors (Lipinski definition) is 1. The summed E-state index contributed by atoms with van der Waals surface area (Å²) in [6.07, 6.45) is 3.61. The van der Waals surface area contributed by atoms with Crippen LogP contribution in [-0.4, -0.2) is 23.8 Å². The Morgan fingerprint density at radius 1 is 1.39 bits per heavy atom. The highest BCUT2D eigenvalue weighted by molar-refractivity contribution is 5.87. The maximum Gasteiger partial charge on any atom is 0.331 e. The van der Waals surface area contributed by atoms with E-state index in [1.165, 1.54) is 6.08 Å². The Morgan fingerprint density at radius 2 is 2.06 bits per heavy atom. The molecule has 0 aliphatic heterocycles. The van der Waals surface area contributed by atoms with Crippen LogP contribution in [0.2, 0.25) is 0 Å². The van der Waals surface area contributed by atoms with E-state index in [0.29, 0.717) is 6.42 Å². The lowest BCUT2D eigenvalue weighted by Crippen LogP contribution is -2.26. The second kappa shape index (κ2) is 7.67. The van der Waals surface area contributed by atoms with E-state index in [2.05, 4.69) is 0 Å². The van der Waals surface area contributed by atoms with E-state index in [1.54, 1.807) is 6.08 Å². The highest BCUT2D eigenvalue weighted by Gasteiger charge is 2.17. The van der Waals surface area contributed by atoms with Crippen LogP contribution in [0.25, 0.3) is 6.08 Å². The quantitative estimate of drug-likeness (QED) is 0.622. The summed E-state index contributed by atoms with van der Waals surface area (Å²) < 4.78 is 5.29. The van der Waals surface area contributed by atoms with Crippen LogP contribution in [0, 0.1) is 5.92 Å². The van der Waals surface area contributed by atoms with E-state index in [-0.39, 0.29) is 24.6 Å². The largest absolute Gasteiger partial charge is 0.459 e. The van der Waals surface area contributed by atoms with Crippen molar-refractivity contribution in [2.75, 3.05) is 6.61 Å². The summed E-state index contributed by atoms with van der Waals surface area (Å²) in [6, 6.07) is 9.57. The fourth-order valence-corrected chi connectivity index (χ4v) is 1.64. The first-order valence-electron chi connectivity index (χ1n) is 6.22. The van der Waals surface area contributed by atoms with Gasteiger partial charge in [-0.1, -0.05) is 44.2 Å². The highest BCUT2D eigenvalue weighted by atomic mass is 16.5. The van der Waals surface area contributed by atoms with Crippen LogP contribution in [0.4, 0.5) is 0 Å². The first kappa shape index (κ1) is 14.5. The van der Waals surface area contributed by atoms with Gasteiger partial charge in [-0.25, -0.2) is 4.79 Å². The molecule has 0 saturated carbocycles. The molecule has 0 heterocycles. The van der Waals surface area contributed by atoms with Crippen molar-refractivity contribution < 1.29 is 14.6 Å². The first-order valence-corrected chi connectivity index (χ1v) is 6.22. The van der Waals surface area contributed by atoms with Gasteiger partial charge in [-0.05, 0) is 18.1 Å². The zero-order valence-electron chi connectivity index (χ0n) is 10.9. The van der Waals surface area contributed by atoms with Crippen molar-refractivity contribution in [3.8, 4) is 0 Å². The molecule has 0 radical (unpaired) electrons. The van der Waals surface area contributed by atoms with Crippen molar-refractivity contribution >= 4 is 12.0 Å². The maximum absolute atomic E-state index is 11.6. The Balaban J connectivity index is 2.53. The zero-order chi connectivity index (χ0) is 13.4. The molecule has 0 aliphatic rings. The molecule has 1 aromatic carbocycles. The van der Waals surface area contributed by atoms with Gasteiger partial charge in [0.2, 0.25) is 0 Å². The van der Waals surface area contributed by atoms with E-state index in [1.807, 2.05) is 44.2 Å². The summed E-state index contributed by atoms with van der Waals surface area (Å²) in [7, 11) is 0. The minimum Gasteiger partial charge on any atom is -0.459 e. The van der Waals surface area contributed by atoms with Gasteiger partial charge < -0.3 is 9.84 Å². The fraction of sp³-hybridized carbons (Fsp3) is 0.400. The molecule has 3 nitrogen and oxygen atoms in total. The van der Waals surface area contributed by atoms with Gasteiger partial charge in [0.15, 0.2) is 0 Å². The Hall–Kier alpha value is -1.61. The van der Waals surface area contributed by atoms with Gasteiger partial charge in [0.1, 0.15) is 6.10 Å². The van der Waals surface area contributed by atoms with Gasteiger partial charge in [0.05, 0.1) is 0 Å². The van der Waals surface area contributed by atoms with E-state index >= 15 is 0 Å². The van der Waals surface area contributed by atoms with Gasteiger partial charge in [0, 0.05) is 18.6 Å². The Kier molecular flexibility index (Phi) is 6.15. The Morgan fingerprint density at radius 3 is 2.61 bits per heavy atom. The molecule has 1 rings (SSSR count). The average Bonchev–Trinajstić information content (AvgIpc) is 2.42. The molecule has 0 aliphatic carbocycles. The van der Waals surface area contributed by atoms with Gasteiger partial charge >= 0.3 is 5.97 Å². The van der Waals surface area contributed by atoms with Crippen LogP contribution >= 0.6 is 0 Å². The maximum atomic E-state index is 11.6. The second-order valence-electron chi connectivity index (χ2n) is 4.29. The molecule has 0 spiro atoms. The van der Waals surface area contributed by atoms with E-state index in [4.69, 9.17) is 9.84 Å². The molecular formula is C15H20O3. The predicted molar refractivity (Wildman–Crippen MR) is 71.9 cm³/mol. The van der Waals surface area contributed by atoms with Gasteiger partial charge in [0.25, 0.3) is 0 Å². The highest BCUT2D eigenvalue weighted by Crippen LogP contribution is 2.11. The molecule has 98 valence electrons. The molecule has 0 bridgehead atoms. The van der Waals surface area contributed by atoms with Crippen molar-refractivity contribution in [2.45, 2.75) is 26.4 Å². The smallest absolute Gasteiger partial charge is 0.331 e. The van der Waals surface area contributed by atoms with Crippen molar-refractivity contribution in [3.63, 3.8) is 0 Å². The SMILES string of the molecule is CCC(OC(=O)C=Cc1ccccc1)C(C)CO. The Bertz CT molecular complexity index is 384. The number of carbonyl (C=O) groups excluding carboxylic acids is 1. The van der Waals surface area contributed by atoms with Gasteiger partial charge in [-0.3, -0.25) is 0 Å². The number of aliphatic hydroxyl groups is 1. The van der Waals surface area contributed by atoms with Crippen molar-refractivity contribution in [3.05, 3.63) is 42.0 Å². The normalized spacial score (nSPS) is 14.4. The minimum atomic E-state index is -0.369. The van der Waals surface area contributed by atoms with Crippen molar-refractivity contribution in [2.24, 2.45) is 5.92 Å². The van der Waals surface area contributed by atoms with Crippen LogP contribution in [-0.2, 0) is 9.53 Å². The van der Waals surface area contributed by atoms with E-state index in [0.717, 1.165) is 5.56 Å². The second-order valence-corrected chi connectivity index (χ2v) is 4.29. The van der Waals surface area contributed by atoms with Crippen LogP contribution in [0.3, 0.4) is 0 Å². The number of rotatable bonds is 6. The average molecular weight is 248 g/mol. The van der Waals surface area contributed by atoms with E-state index in [9.17, 15) is 4.79 Å². The van der Waals surface area contributed by atoms with Crippen molar-refractivity contribution in [1.82, 2.24) is 0 Å². The number of hydrogen-bond acceptors (Lipinski definition) is 3. The third-order valence-corrected chi connectivity index (χ3v) is 2.80. The predicted octanol–water partition coefficient (Wildman–Crippen LogP) is 2.65. The molecule has 0 amide bonds. The van der Waals surface area contributed by atoms with E-state index < -0.39 is 0 Å². The summed E-state index contributed by atoms with van der Waals surface area (Å²) in [5.74, 6) is -0.407. The van der Waals surface area contributed by atoms with Crippen molar-refractivity contribution in [1.29, 1.82) is 0 Å². The molecule has 2 atom stereocenters. The molecule has 1 N–H and O–H groups in total. The number of ether oxygens (including phenoxy) is 1. The molecule has 2 unspecified atom stereocenters. The summed E-state index contributed by atoms with van der Waals surface area (Å²) in [6.45, 7) is 3.82. The van der Waals surface area contributed by atoms with Crippen LogP contribution in [0.5, 0.6) is 0 Å². The van der Waals surface area contributed by atoms with Crippen LogP contribution in [0.15, 0.2) is 36.4 Å². The standard InChI is InChI=1S/C15H20O3/c1-3-14(12(2)11-16)18-15(17)10-9-13-7-5-4-6-8-13/h4-10,12,14,16H,3,11H2,1-2H3. The summed E-state index contributed by atoms with van der Waals surface area (Å²) in [5, 5.41) is 9.05. The number of aliphatic hydroxyl groups excluding tert-OH is 1. The third-order valence-electron chi connectivity index (χ3n) is 2.80.